The van der Waals surface area contributed by atoms with Gasteiger partial charge < -0.3 is 14.9 Å². The number of sulfonamides is 1. The van der Waals surface area contributed by atoms with E-state index in [2.05, 4.69) is 15.2 Å². The first kappa shape index (κ1) is 18.6. The van der Waals surface area contributed by atoms with E-state index in [1.165, 1.54) is 41.8 Å². The van der Waals surface area contributed by atoms with E-state index in [1.807, 2.05) is 0 Å². The van der Waals surface area contributed by atoms with E-state index in [0.29, 0.717) is 5.76 Å². The Kier molecular flexibility index (Phi) is 4.97. The van der Waals surface area contributed by atoms with Crippen LogP contribution in [0.4, 0.5) is 11.5 Å². The number of amides is 1. The topological polar surface area (TPSA) is 139 Å². The molecule has 0 spiro atoms. The molecule has 2 heterocycles. The van der Waals surface area contributed by atoms with Gasteiger partial charge in [-0.05, 0) is 31.2 Å². The number of benzene rings is 1. The third-order valence-electron chi connectivity index (χ3n) is 3.34. The van der Waals surface area contributed by atoms with Gasteiger partial charge in [-0.2, -0.15) is 0 Å². The van der Waals surface area contributed by atoms with Crippen LogP contribution in [-0.4, -0.2) is 30.6 Å². The van der Waals surface area contributed by atoms with Gasteiger partial charge in [0.2, 0.25) is 0 Å². The Morgan fingerprint density at radius 1 is 1.22 bits per heavy atom. The Morgan fingerprint density at radius 3 is 2.67 bits per heavy atom. The summed E-state index contributed by atoms with van der Waals surface area (Å²) in [5.74, 6) is -0.956. The minimum absolute atomic E-state index is 0.0523. The van der Waals surface area contributed by atoms with Gasteiger partial charge in [-0.1, -0.05) is 11.2 Å². The van der Waals surface area contributed by atoms with Crippen LogP contribution in [0.2, 0.25) is 0 Å². The molecule has 1 aromatic carbocycles. The van der Waals surface area contributed by atoms with Crippen molar-refractivity contribution in [2.24, 2.45) is 0 Å². The monoisotopic (exact) mass is 407 g/mol. The lowest BCUT2D eigenvalue weighted by molar-refractivity contribution is 0.0696. The molecular formula is C16H13N3O6S2. The second kappa shape index (κ2) is 7.21. The van der Waals surface area contributed by atoms with Gasteiger partial charge in [0.25, 0.3) is 15.9 Å². The van der Waals surface area contributed by atoms with E-state index in [4.69, 9.17) is 9.63 Å². The molecule has 0 fully saturated rings. The molecule has 3 rings (SSSR count). The minimum Gasteiger partial charge on any atom is -0.478 e. The molecule has 27 heavy (non-hydrogen) atoms. The Morgan fingerprint density at radius 2 is 2.00 bits per heavy atom. The summed E-state index contributed by atoms with van der Waals surface area (Å²) in [6.07, 6.45) is 0. The summed E-state index contributed by atoms with van der Waals surface area (Å²) < 4.78 is 32.1. The molecule has 11 heteroatoms. The molecule has 3 N–H and O–H groups in total. The van der Waals surface area contributed by atoms with Crippen molar-refractivity contribution in [1.82, 2.24) is 5.16 Å². The molecule has 0 unspecified atom stereocenters. The molecule has 0 saturated carbocycles. The fourth-order valence-electron chi connectivity index (χ4n) is 2.11. The highest BCUT2D eigenvalue weighted by Gasteiger charge is 2.20. The van der Waals surface area contributed by atoms with Crippen molar-refractivity contribution >= 4 is 44.7 Å². The molecule has 0 radical (unpaired) electrons. The first-order valence-electron chi connectivity index (χ1n) is 7.44. The lowest BCUT2D eigenvalue weighted by atomic mass is 10.2. The molecule has 0 aliphatic heterocycles. The molecule has 0 bridgehead atoms. The van der Waals surface area contributed by atoms with Gasteiger partial charge in [-0.3, -0.25) is 9.52 Å². The molecule has 0 atom stereocenters. The molecule has 0 aliphatic carbocycles. The highest BCUT2D eigenvalue weighted by molar-refractivity contribution is 7.92. The second-order valence-corrected chi connectivity index (χ2v) is 8.01. The number of nitrogens with zero attached hydrogens (tertiary/aromatic N) is 1. The zero-order chi connectivity index (χ0) is 19.6. The molecule has 3 aromatic rings. The fraction of sp³-hybridized carbons (Fsp3) is 0.0625. The molecule has 9 nitrogen and oxygen atoms in total. The number of carboxylic acids is 1. The summed E-state index contributed by atoms with van der Waals surface area (Å²) in [4.78, 5) is 23.2. The predicted octanol–water partition coefficient (Wildman–Crippen LogP) is 2.80. The number of hydrogen-bond donors (Lipinski definition) is 3. The number of anilines is 2. The van der Waals surface area contributed by atoms with Crippen molar-refractivity contribution in [3.8, 4) is 0 Å². The van der Waals surface area contributed by atoms with E-state index >= 15 is 0 Å². The summed E-state index contributed by atoms with van der Waals surface area (Å²) in [6, 6.07) is 8.15. The van der Waals surface area contributed by atoms with Crippen LogP contribution in [-0.2, 0) is 10.0 Å². The van der Waals surface area contributed by atoms with Crippen LogP contribution >= 0.6 is 11.3 Å². The van der Waals surface area contributed by atoms with E-state index < -0.39 is 21.9 Å². The highest BCUT2D eigenvalue weighted by atomic mass is 32.2. The highest BCUT2D eigenvalue weighted by Crippen LogP contribution is 2.23. The Labute approximate surface area is 157 Å². The number of aryl methyl sites for hydroxylation is 1. The van der Waals surface area contributed by atoms with Gasteiger partial charge in [-0.25, -0.2) is 13.2 Å². The zero-order valence-electron chi connectivity index (χ0n) is 13.8. The van der Waals surface area contributed by atoms with Crippen molar-refractivity contribution in [2.75, 3.05) is 10.0 Å². The minimum atomic E-state index is -3.98. The van der Waals surface area contributed by atoms with Crippen molar-refractivity contribution in [3.63, 3.8) is 0 Å². The SMILES string of the molecule is Cc1cc(NC(=O)c2cc(S(=O)(=O)Nc3cccc(C(=O)O)c3)cs2)no1. The second-order valence-electron chi connectivity index (χ2n) is 5.42. The van der Waals surface area contributed by atoms with Crippen molar-refractivity contribution in [3.05, 3.63) is 58.0 Å². The molecule has 0 aliphatic rings. The number of carboxylic acid groups (broad SMARTS) is 1. The van der Waals surface area contributed by atoms with Crippen molar-refractivity contribution in [2.45, 2.75) is 11.8 Å². The van der Waals surface area contributed by atoms with Gasteiger partial charge in [0.15, 0.2) is 5.82 Å². The van der Waals surface area contributed by atoms with Gasteiger partial charge in [-0.15, -0.1) is 11.3 Å². The maximum Gasteiger partial charge on any atom is 0.335 e. The maximum atomic E-state index is 12.5. The van der Waals surface area contributed by atoms with Crippen LogP contribution in [0.15, 0.2) is 51.2 Å². The molecule has 140 valence electrons. The lowest BCUT2D eigenvalue weighted by Gasteiger charge is -2.07. The summed E-state index contributed by atoms with van der Waals surface area (Å²) in [7, 11) is -3.98. The summed E-state index contributed by atoms with van der Waals surface area (Å²) in [6.45, 7) is 1.67. The van der Waals surface area contributed by atoms with Crippen molar-refractivity contribution in [1.29, 1.82) is 0 Å². The Bertz CT molecular complexity index is 1120. The van der Waals surface area contributed by atoms with Crippen molar-refractivity contribution < 1.29 is 27.6 Å². The predicted molar refractivity (Wildman–Crippen MR) is 97.7 cm³/mol. The average molecular weight is 407 g/mol. The van der Waals surface area contributed by atoms with E-state index in [0.717, 1.165) is 11.3 Å². The molecular weight excluding hydrogens is 394 g/mol. The average Bonchev–Trinajstić information content (AvgIpc) is 3.24. The van der Waals surface area contributed by atoms with Crippen LogP contribution in [0.5, 0.6) is 0 Å². The van der Waals surface area contributed by atoms with Gasteiger partial charge >= 0.3 is 5.97 Å². The molecule has 0 saturated heterocycles. The zero-order valence-corrected chi connectivity index (χ0v) is 15.4. The summed E-state index contributed by atoms with van der Waals surface area (Å²) in [5.41, 5.74) is 0.0497. The van der Waals surface area contributed by atoms with Gasteiger partial charge in [0.1, 0.15) is 5.76 Å². The van der Waals surface area contributed by atoms with E-state index in [9.17, 15) is 18.0 Å². The smallest absolute Gasteiger partial charge is 0.335 e. The van der Waals surface area contributed by atoms with E-state index in [1.54, 1.807) is 6.92 Å². The quantitative estimate of drug-likeness (QED) is 0.571. The number of aromatic nitrogens is 1. The maximum absolute atomic E-state index is 12.5. The summed E-state index contributed by atoms with van der Waals surface area (Å²) in [5, 5.41) is 16.4. The fourth-order valence-corrected chi connectivity index (χ4v) is 4.33. The lowest BCUT2D eigenvalue weighted by Crippen LogP contribution is -2.13. The van der Waals surface area contributed by atoms with Gasteiger partial charge in [0, 0.05) is 17.1 Å². The van der Waals surface area contributed by atoms with Crippen LogP contribution in [0.25, 0.3) is 0 Å². The molecule has 1 amide bonds. The van der Waals surface area contributed by atoms with Crippen LogP contribution in [0.1, 0.15) is 25.8 Å². The molecule has 2 aromatic heterocycles. The number of nitrogens with one attached hydrogen (secondary N) is 2. The van der Waals surface area contributed by atoms with E-state index in [-0.39, 0.29) is 26.8 Å². The standard InChI is InChI=1S/C16H13N3O6S2/c1-9-5-14(18-25-9)17-15(20)13-7-12(8-26-13)27(23,24)19-11-4-2-3-10(6-11)16(21)22/h2-8,19H,1H3,(H,21,22)(H,17,18,20). The largest absolute Gasteiger partial charge is 0.478 e. The van der Waals surface area contributed by atoms with Gasteiger partial charge in [0.05, 0.1) is 15.3 Å². The normalized spacial score (nSPS) is 11.1. The Balaban J connectivity index is 1.77. The third-order valence-corrected chi connectivity index (χ3v) is 5.78. The number of carbonyl (C=O) groups is 2. The number of rotatable bonds is 6. The van der Waals surface area contributed by atoms with Crippen LogP contribution in [0.3, 0.4) is 0 Å². The third kappa shape index (κ3) is 4.33. The number of thiophene rings is 1. The first-order chi connectivity index (χ1) is 12.7. The number of carbonyl (C=O) groups excluding carboxylic acids is 1. The van der Waals surface area contributed by atoms with Crippen LogP contribution in [0, 0.1) is 6.92 Å². The summed E-state index contributed by atoms with van der Waals surface area (Å²) >= 11 is 0.945. The number of hydrogen-bond acceptors (Lipinski definition) is 7. The number of aromatic carboxylic acids is 1. The van der Waals surface area contributed by atoms with Crippen LogP contribution < -0.4 is 10.0 Å². The first-order valence-corrected chi connectivity index (χ1v) is 9.80. The Hall–Kier alpha value is -3.18.